The van der Waals surface area contributed by atoms with Crippen LogP contribution in [0.5, 0.6) is 0 Å². The van der Waals surface area contributed by atoms with Crippen molar-refractivity contribution in [3.05, 3.63) is 29.8 Å². The van der Waals surface area contributed by atoms with Crippen LogP contribution in [0.3, 0.4) is 0 Å². The zero-order valence-corrected chi connectivity index (χ0v) is 15.3. The van der Waals surface area contributed by atoms with E-state index in [0.717, 1.165) is 25.9 Å². The fourth-order valence-corrected chi connectivity index (χ4v) is 3.67. The summed E-state index contributed by atoms with van der Waals surface area (Å²) in [4.78, 5) is 16.5. The molecule has 2 heterocycles. The van der Waals surface area contributed by atoms with Gasteiger partial charge in [-0.05, 0) is 70.1 Å². The van der Waals surface area contributed by atoms with Crippen molar-refractivity contribution in [1.82, 2.24) is 4.90 Å². The predicted molar refractivity (Wildman–Crippen MR) is 97.7 cm³/mol. The number of nitrogens with zero attached hydrogens (tertiary/aromatic N) is 2. The smallest absolute Gasteiger partial charge is 0.410 e. The Morgan fingerprint density at radius 2 is 1.75 bits per heavy atom. The lowest BCUT2D eigenvalue weighted by atomic mass is 9.89. The first kappa shape index (κ1) is 17.1. The van der Waals surface area contributed by atoms with Crippen molar-refractivity contribution in [3.8, 4) is 0 Å². The Bertz CT molecular complexity index is 565. The van der Waals surface area contributed by atoms with Gasteiger partial charge in [0.1, 0.15) is 5.60 Å². The largest absolute Gasteiger partial charge is 0.444 e. The molecule has 4 heteroatoms. The lowest BCUT2D eigenvalue weighted by molar-refractivity contribution is 0.0205. The number of carbonyl (C=O) groups excluding carboxylic acids is 1. The number of benzene rings is 1. The summed E-state index contributed by atoms with van der Waals surface area (Å²) in [6.07, 6.45) is 4.47. The third-order valence-electron chi connectivity index (χ3n) is 4.96. The average Bonchev–Trinajstić information content (AvgIpc) is 3.08. The van der Waals surface area contributed by atoms with E-state index in [-0.39, 0.29) is 6.09 Å². The second-order valence-corrected chi connectivity index (χ2v) is 8.03. The zero-order valence-electron chi connectivity index (χ0n) is 15.3. The van der Waals surface area contributed by atoms with Crippen LogP contribution in [-0.2, 0) is 4.74 Å². The lowest BCUT2D eigenvalue weighted by Crippen LogP contribution is -2.41. The van der Waals surface area contributed by atoms with Gasteiger partial charge in [-0.15, -0.1) is 0 Å². The third kappa shape index (κ3) is 4.22. The summed E-state index contributed by atoms with van der Waals surface area (Å²) in [5, 5.41) is 0. The van der Waals surface area contributed by atoms with Gasteiger partial charge in [0.05, 0.1) is 0 Å². The zero-order chi connectivity index (χ0) is 17.2. The molecule has 1 amide bonds. The van der Waals surface area contributed by atoms with E-state index in [4.69, 9.17) is 4.74 Å². The van der Waals surface area contributed by atoms with Gasteiger partial charge in [0.25, 0.3) is 0 Å². The molecule has 0 unspecified atom stereocenters. The van der Waals surface area contributed by atoms with Crippen LogP contribution in [0.2, 0.25) is 0 Å². The Morgan fingerprint density at radius 1 is 1.08 bits per heavy atom. The molecule has 2 aliphatic heterocycles. The molecule has 2 saturated heterocycles. The maximum atomic E-state index is 12.2. The highest BCUT2D eigenvalue weighted by atomic mass is 16.6. The first-order valence-electron chi connectivity index (χ1n) is 9.25. The van der Waals surface area contributed by atoms with E-state index in [0.29, 0.717) is 5.92 Å². The molecule has 0 saturated carbocycles. The Hall–Kier alpha value is -1.71. The van der Waals surface area contributed by atoms with Crippen molar-refractivity contribution < 1.29 is 9.53 Å². The van der Waals surface area contributed by atoms with Gasteiger partial charge in [0.15, 0.2) is 0 Å². The van der Waals surface area contributed by atoms with Crippen molar-refractivity contribution in [2.24, 2.45) is 0 Å². The monoisotopic (exact) mass is 330 g/mol. The van der Waals surface area contributed by atoms with Gasteiger partial charge in [-0.25, -0.2) is 4.79 Å². The van der Waals surface area contributed by atoms with Gasteiger partial charge in [-0.2, -0.15) is 0 Å². The van der Waals surface area contributed by atoms with E-state index >= 15 is 0 Å². The number of amides is 1. The summed E-state index contributed by atoms with van der Waals surface area (Å²) in [5.74, 6) is 0.547. The lowest BCUT2D eigenvalue weighted by Gasteiger charge is -2.34. The molecule has 24 heavy (non-hydrogen) atoms. The molecule has 2 aliphatic rings. The van der Waals surface area contributed by atoms with Crippen molar-refractivity contribution >= 4 is 11.8 Å². The van der Waals surface area contributed by atoms with Crippen LogP contribution < -0.4 is 4.90 Å². The molecule has 0 N–H and O–H groups in total. The number of ether oxygens (including phenoxy) is 1. The second-order valence-electron chi connectivity index (χ2n) is 8.03. The third-order valence-corrected chi connectivity index (χ3v) is 4.96. The van der Waals surface area contributed by atoms with Gasteiger partial charge in [-0.3, -0.25) is 0 Å². The highest BCUT2D eigenvalue weighted by molar-refractivity contribution is 5.68. The molecule has 0 aromatic heterocycles. The van der Waals surface area contributed by atoms with Crippen LogP contribution in [0, 0.1) is 0 Å². The highest BCUT2D eigenvalue weighted by Gasteiger charge is 2.27. The van der Waals surface area contributed by atoms with Crippen LogP contribution in [0.4, 0.5) is 10.5 Å². The average molecular weight is 330 g/mol. The van der Waals surface area contributed by atoms with Crippen LogP contribution in [0.1, 0.15) is 57.9 Å². The van der Waals surface area contributed by atoms with Crippen molar-refractivity contribution in [2.75, 3.05) is 31.1 Å². The maximum Gasteiger partial charge on any atom is 0.410 e. The van der Waals surface area contributed by atoms with E-state index in [2.05, 4.69) is 29.2 Å². The molecule has 132 valence electrons. The Balaban J connectivity index is 1.58. The number of likely N-dealkylation sites (tertiary alicyclic amines) is 1. The van der Waals surface area contributed by atoms with Gasteiger partial charge in [0, 0.05) is 31.9 Å². The molecule has 1 aromatic carbocycles. The minimum absolute atomic E-state index is 0.174. The first-order chi connectivity index (χ1) is 11.4. The van der Waals surface area contributed by atoms with E-state index in [9.17, 15) is 4.79 Å². The molecule has 0 atom stereocenters. The van der Waals surface area contributed by atoms with Crippen LogP contribution in [0.25, 0.3) is 0 Å². The highest BCUT2D eigenvalue weighted by Crippen LogP contribution is 2.31. The molecule has 2 fully saturated rings. The topological polar surface area (TPSA) is 32.8 Å². The number of hydrogen-bond donors (Lipinski definition) is 0. The SMILES string of the molecule is CC(C)(C)OC(=O)N1CCC(c2cccc(N3CCCC3)c2)CC1. The van der Waals surface area contributed by atoms with Crippen LogP contribution in [0.15, 0.2) is 24.3 Å². The number of hydrogen-bond acceptors (Lipinski definition) is 3. The van der Waals surface area contributed by atoms with Crippen molar-refractivity contribution in [3.63, 3.8) is 0 Å². The molecule has 3 rings (SSSR count). The molecular formula is C20H30N2O2. The Kier molecular flexibility index (Phi) is 5.02. The molecule has 4 nitrogen and oxygen atoms in total. The fraction of sp³-hybridized carbons (Fsp3) is 0.650. The predicted octanol–water partition coefficient (Wildman–Crippen LogP) is 4.40. The van der Waals surface area contributed by atoms with E-state index in [1.807, 2.05) is 25.7 Å². The minimum atomic E-state index is -0.419. The van der Waals surface area contributed by atoms with E-state index in [1.54, 1.807) is 0 Å². The quantitative estimate of drug-likeness (QED) is 0.805. The summed E-state index contributed by atoms with van der Waals surface area (Å²) in [7, 11) is 0. The number of carbonyl (C=O) groups is 1. The summed E-state index contributed by atoms with van der Waals surface area (Å²) in [6, 6.07) is 9.01. The number of piperidine rings is 1. The molecular weight excluding hydrogens is 300 g/mol. The fourth-order valence-electron chi connectivity index (χ4n) is 3.67. The second kappa shape index (κ2) is 7.04. The normalized spacial score (nSPS) is 19.6. The van der Waals surface area contributed by atoms with Gasteiger partial charge < -0.3 is 14.5 Å². The number of anilines is 1. The van der Waals surface area contributed by atoms with Gasteiger partial charge in [-0.1, -0.05) is 12.1 Å². The molecule has 1 aromatic rings. The minimum Gasteiger partial charge on any atom is -0.444 e. The molecule has 0 spiro atoms. The van der Waals surface area contributed by atoms with Crippen LogP contribution in [-0.4, -0.2) is 42.8 Å². The Morgan fingerprint density at radius 3 is 2.38 bits per heavy atom. The van der Waals surface area contributed by atoms with Crippen molar-refractivity contribution in [1.29, 1.82) is 0 Å². The van der Waals surface area contributed by atoms with Gasteiger partial charge in [0.2, 0.25) is 0 Å². The standard InChI is InChI=1S/C20H30N2O2/c1-20(2,3)24-19(23)22-13-9-16(10-14-22)17-7-6-8-18(15-17)21-11-4-5-12-21/h6-8,15-16H,4-5,9-14H2,1-3H3. The summed E-state index contributed by atoms with van der Waals surface area (Å²) < 4.78 is 5.49. The number of rotatable bonds is 2. The Labute approximate surface area is 145 Å². The summed E-state index contributed by atoms with van der Waals surface area (Å²) in [5.41, 5.74) is 2.36. The summed E-state index contributed by atoms with van der Waals surface area (Å²) in [6.45, 7) is 9.69. The summed E-state index contributed by atoms with van der Waals surface area (Å²) >= 11 is 0. The molecule has 0 radical (unpaired) electrons. The maximum absolute atomic E-state index is 12.2. The van der Waals surface area contributed by atoms with Gasteiger partial charge >= 0.3 is 6.09 Å². The van der Waals surface area contributed by atoms with Crippen LogP contribution >= 0.6 is 0 Å². The molecule has 0 aliphatic carbocycles. The first-order valence-corrected chi connectivity index (χ1v) is 9.25. The van der Waals surface area contributed by atoms with E-state index in [1.165, 1.54) is 37.2 Å². The van der Waals surface area contributed by atoms with E-state index < -0.39 is 5.60 Å². The molecule has 0 bridgehead atoms. The van der Waals surface area contributed by atoms with Crippen molar-refractivity contribution in [2.45, 2.75) is 58.0 Å².